The van der Waals surface area contributed by atoms with Gasteiger partial charge in [-0.05, 0) is 13.3 Å². The Morgan fingerprint density at radius 1 is 1.79 bits per heavy atom. The molecule has 0 saturated carbocycles. The van der Waals surface area contributed by atoms with Crippen molar-refractivity contribution < 1.29 is 4.79 Å². The fourth-order valence-corrected chi connectivity index (χ4v) is 1.31. The molecule has 1 heterocycles. The third kappa shape index (κ3) is 2.27. The van der Waals surface area contributed by atoms with E-state index in [0.717, 1.165) is 0 Å². The van der Waals surface area contributed by atoms with E-state index in [-0.39, 0.29) is 5.91 Å². The number of hydrogen-bond acceptors (Lipinski definition) is 5. The molecule has 0 aliphatic heterocycles. The first-order chi connectivity index (χ1) is 6.62. The Bertz CT molecular complexity index is 294. The zero-order valence-electron chi connectivity index (χ0n) is 8.28. The lowest BCUT2D eigenvalue weighted by Crippen LogP contribution is -2.39. The van der Waals surface area contributed by atoms with Crippen LogP contribution in [0.3, 0.4) is 0 Å². The number of nitrogens with zero attached hydrogens (tertiary/aromatic N) is 2. The van der Waals surface area contributed by atoms with E-state index in [4.69, 9.17) is 5.73 Å². The molecule has 1 atom stereocenters. The molecule has 0 aliphatic rings. The summed E-state index contributed by atoms with van der Waals surface area (Å²) in [5.41, 5.74) is 6.60. The minimum Gasteiger partial charge on any atom is -0.329 e. The van der Waals surface area contributed by atoms with Gasteiger partial charge in [0.1, 0.15) is 5.51 Å². The van der Waals surface area contributed by atoms with Gasteiger partial charge < -0.3 is 11.1 Å². The topological polar surface area (TPSA) is 80.9 Å². The summed E-state index contributed by atoms with van der Waals surface area (Å²) in [4.78, 5) is 11.7. The number of carbonyl (C=O) groups excluding carboxylic acids is 1. The highest BCUT2D eigenvalue weighted by Crippen LogP contribution is 2.22. The smallest absolute Gasteiger partial charge is 0.233 e. The molecular formula is C8H14N4OS. The van der Waals surface area contributed by atoms with Gasteiger partial charge in [-0.2, -0.15) is 0 Å². The van der Waals surface area contributed by atoms with Crippen LogP contribution in [0.25, 0.3) is 0 Å². The summed E-state index contributed by atoms with van der Waals surface area (Å²) in [6, 6.07) is 0. The molecule has 1 unspecified atom stereocenters. The highest BCUT2D eigenvalue weighted by molar-refractivity contribution is 7.13. The van der Waals surface area contributed by atoms with E-state index in [1.165, 1.54) is 11.3 Å². The lowest BCUT2D eigenvalue weighted by Gasteiger charge is -2.23. The molecule has 1 amide bonds. The molecule has 0 saturated heterocycles. The van der Waals surface area contributed by atoms with Gasteiger partial charge in [-0.25, -0.2) is 0 Å². The largest absolute Gasteiger partial charge is 0.329 e. The molecule has 1 aromatic heterocycles. The first-order valence-corrected chi connectivity index (χ1v) is 5.28. The highest BCUT2D eigenvalue weighted by atomic mass is 32.1. The Balaban J connectivity index is 2.66. The molecule has 0 aliphatic carbocycles. The lowest BCUT2D eigenvalue weighted by molar-refractivity contribution is -0.124. The van der Waals surface area contributed by atoms with E-state index >= 15 is 0 Å². The van der Waals surface area contributed by atoms with Crippen molar-refractivity contribution in [3.8, 4) is 0 Å². The quantitative estimate of drug-likeness (QED) is 0.778. The molecule has 0 aromatic carbocycles. The molecule has 6 heteroatoms. The predicted octanol–water partition coefficient (Wildman–Crippen LogP) is 0.852. The second kappa shape index (κ2) is 4.47. The third-order valence-electron chi connectivity index (χ3n) is 2.36. The number of aromatic nitrogens is 2. The van der Waals surface area contributed by atoms with Crippen molar-refractivity contribution in [1.82, 2.24) is 10.2 Å². The second-order valence-corrected chi connectivity index (χ2v) is 4.15. The first-order valence-electron chi connectivity index (χ1n) is 4.40. The average molecular weight is 214 g/mol. The van der Waals surface area contributed by atoms with Crippen LogP contribution in [-0.2, 0) is 4.79 Å². The van der Waals surface area contributed by atoms with Crippen LogP contribution in [0.15, 0.2) is 5.51 Å². The van der Waals surface area contributed by atoms with Crippen LogP contribution >= 0.6 is 11.3 Å². The van der Waals surface area contributed by atoms with Crippen molar-refractivity contribution in [2.24, 2.45) is 11.1 Å². The van der Waals surface area contributed by atoms with Crippen LogP contribution in [0.4, 0.5) is 5.13 Å². The van der Waals surface area contributed by atoms with Gasteiger partial charge in [-0.3, -0.25) is 4.79 Å². The van der Waals surface area contributed by atoms with Crippen molar-refractivity contribution in [3.63, 3.8) is 0 Å². The van der Waals surface area contributed by atoms with Crippen molar-refractivity contribution in [1.29, 1.82) is 0 Å². The van der Waals surface area contributed by atoms with Gasteiger partial charge in [0.15, 0.2) is 0 Å². The van der Waals surface area contributed by atoms with Crippen molar-refractivity contribution in [3.05, 3.63) is 5.51 Å². The average Bonchev–Trinajstić information content (AvgIpc) is 2.69. The molecule has 3 N–H and O–H groups in total. The minimum absolute atomic E-state index is 0.0979. The van der Waals surface area contributed by atoms with E-state index in [9.17, 15) is 4.79 Å². The Morgan fingerprint density at radius 2 is 2.50 bits per heavy atom. The fourth-order valence-electron chi connectivity index (χ4n) is 0.873. The molecule has 78 valence electrons. The van der Waals surface area contributed by atoms with E-state index in [1.807, 2.05) is 13.8 Å². The maximum Gasteiger partial charge on any atom is 0.233 e. The van der Waals surface area contributed by atoms with Gasteiger partial charge in [0.2, 0.25) is 11.0 Å². The molecule has 0 spiro atoms. The molecule has 14 heavy (non-hydrogen) atoms. The van der Waals surface area contributed by atoms with E-state index in [2.05, 4.69) is 15.5 Å². The number of amides is 1. The number of carbonyl (C=O) groups is 1. The van der Waals surface area contributed by atoms with Crippen LogP contribution in [-0.4, -0.2) is 22.6 Å². The van der Waals surface area contributed by atoms with Gasteiger partial charge in [0.05, 0.1) is 5.41 Å². The summed E-state index contributed by atoms with van der Waals surface area (Å²) in [5, 5.41) is 10.6. The standard InChI is InChI=1S/C8H14N4OS/c1-3-8(2,4-9)6(13)11-7-12-10-5-14-7/h5H,3-4,9H2,1-2H3,(H,11,12,13). The molecule has 0 bridgehead atoms. The normalized spacial score (nSPS) is 14.8. The minimum atomic E-state index is -0.522. The van der Waals surface area contributed by atoms with Crippen molar-refractivity contribution >= 4 is 22.4 Å². The van der Waals surface area contributed by atoms with Crippen molar-refractivity contribution in [2.45, 2.75) is 20.3 Å². The molecule has 1 aromatic rings. The zero-order chi connectivity index (χ0) is 10.6. The summed E-state index contributed by atoms with van der Waals surface area (Å²) in [6.45, 7) is 4.10. The molecule has 1 rings (SSSR count). The van der Waals surface area contributed by atoms with Crippen LogP contribution in [0.2, 0.25) is 0 Å². The zero-order valence-corrected chi connectivity index (χ0v) is 9.10. The first kappa shape index (κ1) is 11.1. The van der Waals surface area contributed by atoms with Crippen LogP contribution in [0, 0.1) is 5.41 Å². The number of rotatable bonds is 4. The molecular weight excluding hydrogens is 200 g/mol. The van der Waals surface area contributed by atoms with Crippen LogP contribution in [0.5, 0.6) is 0 Å². The predicted molar refractivity (Wildman–Crippen MR) is 56.0 cm³/mol. The van der Waals surface area contributed by atoms with E-state index < -0.39 is 5.41 Å². The Hall–Kier alpha value is -1.01. The van der Waals surface area contributed by atoms with Gasteiger partial charge in [0, 0.05) is 6.54 Å². The molecule has 0 radical (unpaired) electrons. The SMILES string of the molecule is CCC(C)(CN)C(=O)Nc1nncs1. The second-order valence-electron chi connectivity index (χ2n) is 3.32. The third-order valence-corrected chi connectivity index (χ3v) is 2.97. The van der Waals surface area contributed by atoms with Gasteiger partial charge in [-0.1, -0.05) is 18.3 Å². The van der Waals surface area contributed by atoms with Crippen molar-refractivity contribution in [2.75, 3.05) is 11.9 Å². The number of nitrogens with one attached hydrogen (secondary N) is 1. The summed E-state index contributed by atoms with van der Waals surface area (Å²) in [6.07, 6.45) is 0.703. The number of anilines is 1. The highest BCUT2D eigenvalue weighted by Gasteiger charge is 2.30. The Kier molecular flexibility index (Phi) is 3.54. The molecule has 5 nitrogen and oxygen atoms in total. The summed E-state index contributed by atoms with van der Waals surface area (Å²) in [5.74, 6) is -0.0979. The number of nitrogens with two attached hydrogens (primary N) is 1. The number of hydrogen-bond donors (Lipinski definition) is 2. The summed E-state index contributed by atoms with van der Waals surface area (Å²) >= 11 is 1.29. The lowest BCUT2D eigenvalue weighted by atomic mass is 9.87. The Morgan fingerprint density at radius 3 is 2.93 bits per heavy atom. The van der Waals surface area contributed by atoms with Gasteiger partial charge in [-0.15, -0.1) is 10.2 Å². The summed E-state index contributed by atoms with van der Waals surface area (Å²) < 4.78 is 0. The maximum atomic E-state index is 11.7. The van der Waals surface area contributed by atoms with Gasteiger partial charge in [0.25, 0.3) is 0 Å². The monoisotopic (exact) mass is 214 g/mol. The van der Waals surface area contributed by atoms with E-state index in [0.29, 0.717) is 18.1 Å². The van der Waals surface area contributed by atoms with Gasteiger partial charge >= 0.3 is 0 Å². The van der Waals surface area contributed by atoms with Crippen LogP contribution in [0.1, 0.15) is 20.3 Å². The Labute approximate surface area is 86.7 Å². The maximum absolute atomic E-state index is 11.7. The van der Waals surface area contributed by atoms with Crippen LogP contribution < -0.4 is 11.1 Å². The fraction of sp³-hybridized carbons (Fsp3) is 0.625. The molecule has 0 fully saturated rings. The van der Waals surface area contributed by atoms with E-state index in [1.54, 1.807) is 5.51 Å². The summed E-state index contributed by atoms with van der Waals surface area (Å²) in [7, 11) is 0.